The zero-order chi connectivity index (χ0) is 13.4. The lowest BCUT2D eigenvalue weighted by molar-refractivity contribution is -0.385. The van der Waals surface area contributed by atoms with Crippen LogP contribution in [0, 0.1) is 17.0 Å². The molecular weight excluding hydrogens is 312 g/mol. The van der Waals surface area contributed by atoms with E-state index in [1.807, 2.05) is 0 Å². The normalized spacial score (nSPS) is 11.8. The fourth-order valence-electron chi connectivity index (χ4n) is 1.23. The largest absolute Gasteiger partial charge is 0.273 e. The molecule has 0 aromatic heterocycles. The summed E-state index contributed by atoms with van der Waals surface area (Å²) < 4.78 is 25.1. The molecule has 0 saturated carbocycles. The average Bonchev–Trinajstić information content (AvgIpc) is 2.15. The van der Waals surface area contributed by atoms with E-state index < -0.39 is 14.9 Å². The maximum atomic E-state index is 11.9. The summed E-state index contributed by atoms with van der Waals surface area (Å²) in [6.45, 7) is 1.55. The van der Waals surface area contributed by atoms with Gasteiger partial charge in [-0.15, -0.1) is 0 Å². The van der Waals surface area contributed by atoms with Gasteiger partial charge in [-0.05, 0) is 28.9 Å². The summed E-state index contributed by atoms with van der Waals surface area (Å²) in [6, 6.07) is 2.49. The van der Waals surface area contributed by atoms with Crippen LogP contribution in [0.1, 0.15) is 5.56 Å². The van der Waals surface area contributed by atoms with E-state index in [0.29, 0.717) is 10.0 Å². The van der Waals surface area contributed by atoms with Crippen LogP contribution in [0.15, 0.2) is 21.5 Å². The van der Waals surface area contributed by atoms with Crippen LogP contribution in [-0.4, -0.2) is 31.7 Å². The van der Waals surface area contributed by atoms with Crippen molar-refractivity contribution in [1.82, 2.24) is 4.31 Å². The first-order valence-corrected chi connectivity index (χ1v) is 6.78. The predicted octanol–water partition coefficient (Wildman–Crippen LogP) is 1.92. The van der Waals surface area contributed by atoms with Gasteiger partial charge in [-0.1, -0.05) is 0 Å². The SMILES string of the molecule is Cc1cc(Br)c(S(=O)(=O)N(C)C)cc1[N+](=O)[O-]. The molecule has 0 aliphatic heterocycles. The summed E-state index contributed by atoms with van der Waals surface area (Å²) in [7, 11) is -0.961. The van der Waals surface area contributed by atoms with Gasteiger partial charge in [0.2, 0.25) is 10.0 Å². The van der Waals surface area contributed by atoms with E-state index in [-0.39, 0.29) is 10.6 Å². The van der Waals surface area contributed by atoms with E-state index in [4.69, 9.17) is 0 Å². The second-order valence-electron chi connectivity index (χ2n) is 3.61. The molecule has 17 heavy (non-hydrogen) atoms. The highest BCUT2D eigenvalue weighted by Crippen LogP contribution is 2.31. The second-order valence-corrected chi connectivity index (χ2v) is 6.59. The lowest BCUT2D eigenvalue weighted by Gasteiger charge is -2.13. The van der Waals surface area contributed by atoms with Gasteiger partial charge >= 0.3 is 0 Å². The highest BCUT2D eigenvalue weighted by Gasteiger charge is 2.25. The van der Waals surface area contributed by atoms with E-state index >= 15 is 0 Å². The van der Waals surface area contributed by atoms with Crippen LogP contribution in [0.25, 0.3) is 0 Å². The highest BCUT2D eigenvalue weighted by atomic mass is 79.9. The lowest BCUT2D eigenvalue weighted by Crippen LogP contribution is -2.22. The molecule has 0 N–H and O–H groups in total. The molecule has 0 amide bonds. The molecular formula is C9H11BrN2O4S. The van der Waals surface area contributed by atoms with Gasteiger partial charge in [-0.25, -0.2) is 12.7 Å². The fourth-order valence-corrected chi connectivity index (χ4v) is 3.26. The predicted molar refractivity (Wildman–Crippen MR) is 66.4 cm³/mol. The van der Waals surface area contributed by atoms with Gasteiger partial charge in [-0.3, -0.25) is 10.1 Å². The van der Waals surface area contributed by atoms with Crippen LogP contribution < -0.4 is 0 Å². The van der Waals surface area contributed by atoms with Crippen molar-refractivity contribution in [3.8, 4) is 0 Å². The number of aryl methyl sites for hydroxylation is 1. The minimum absolute atomic E-state index is 0.111. The van der Waals surface area contributed by atoms with Crippen molar-refractivity contribution in [1.29, 1.82) is 0 Å². The minimum Gasteiger partial charge on any atom is -0.258 e. The van der Waals surface area contributed by atoms with Crippen molar-refractivity contribution in [2.24, 2.45) is 0 Å². The van der Waals surface area contributed by atoms with Crippen LogP contribution in [0.2, 0.25) is 0 Å². The minimum atomic E-state index is -3.70. The second kappa shape index (κ2) is 4.71. The first-order chi connectivity index (χ1) is 7.67. The Hall–Kier alpha value is -0.990. The van der Waals surface area contributed by atoms with Gasteiger partial charge in [0.15, 0.2) is 0 Å². The number of nitro benzene ring substituents is 1. The Morgan fingerprint density at radius 2 is 1.88 bits per heavy atom. The van der Waals surface area contributed by atoms with Crippen LogP contribution in [0.5, 0.6) is 0 Å². The zero-order valence-corrected chi connectivity index (χ0v) is 11.9. The van der Waals surface area contributed by atoms with Crippen LogP contribution >= 0.6 is 15.9 Å². The molecule has 0 aliphatic rings. The van der Waals surface area contributed by atoms with Crippen LogP contribution in [0.3, 0.4) is 0 Å². The molecule has 0 atom stereocenters. The summed E-state index contributed by atoms with van der Waals surface area (Å²) in [6.07, 6.45) is 0. The third-order valence-corrected chi connectivity index (χ3v) is 4.98. The average molecular weight is 323 g/mol. The van der Waals surface area contributed by atoms with E-state index in [2.05, 4.69) is 15.9 Å². The quantitative estimate of drug-likeness (QED) is 0.629. The molecule has 0 fully saturated rings. The fraction of sp³-hybridized carbons (Fsp3) is 0.333. The third kappa shape index (κ3) is 2.64. The molecule has 1 aromatic carbocycles. The van der Waals surface area contributed by atoms with Crippen molar-refractivity contribution in [3.05, 3.63) is 32.3 Å². The molecule has 0 bridgehead atoms. The Morgan fingerprint density at radius 3 is 2.29 bits per heavy atom. The van der Waals surface area contributed by atoms with Gasteiger partial charge in [0.05, 0.1) is 4.92 Å². The molecule has 6 nitrogen and oxygen atoms in total. The van der Waals surface area contributed by atoms with Crippen molar-refractivity contribution in [2.75, 3.05) is 14.1 Å². The molecule has 8 heteroatoms. The Morgan fingerprint density at radius 1 is 1.35 bits per heavy atom. The monoisotopic (exact) mass is 322 g/mol. The summed E-state index contributed by atoms with van der Waals surface area (Å²) in [5.74, 6) is 0. The Bertz CT molecular complexity index is 569. The summed E-state index contributed by atoms with van der Waals surface area (Å²) >= 11 is 3.11. The molecule has 0 unspecified atom stereocenters. The number of rotatable bonds is 3. The molecule has 1 rings (SSSR count). The van der Waals surface area contributed by atoms with Crippen molar-refractivity contribution >= 4 is 31.6 Å². The van der Waals surface area contributed by atoms with Gasteiger partial charge in [0, 0.05) is 30.2 Å². The topological polar surface area (TPSA) is 80.5 Å². The van der Waals surface area contributed by atoms with Gasteiger partial charge in [0.1, 0.15) is 4.90 Å². The molecule has 1 aromatic rings. The molecule has 0 saturated heterocycles. The van der Waals surface area contributed by atoms with Crippen molar-refractivity contribution < 1.29 is 13.3 Å². The van der Waals surface area contributed by atoms with Crippen molar-refractivity contribution in [2.45, 2.75) is 11.8 Å². The molecule has 0 aliphatic carbocycles. The van der Waals surface area contributed by atoms with E-state index in [1.54, 1.807) is 6.92 Å². The van der Waals surface area contributed by atoms with E-state index in [9.17, 15) is 18.5 Å². The van der Waals surface area contributed by atoms with Gasteiger partial charge < -0.3 is 0 Å². The Labute approximate surface area is 108 Å². The summed E-state index contributed by atoms with van der Waals surface area (Å²) in [5, 5.41) is 10.8. The van der Waals surface area contributed by atoms with Gasteiger partial charge in [0.25, 0.3) is 5.69 Å². The number of benzene rings is 1. The Balaban J connectivity index is 3.57. The van der Waals surface area contributed by atoms with Crippen LogP contribution in [0.4, 0.5) is 5.69 Å². The maximum Gasteiger partial charge on any atom is 0.273 e. The first-order valence-electron chi connectivity index (χ1n) is 4.55. The maximum absolute atomic E-state index is 11.9. The number of nitrogens with zero attached hydrogens (tertiary/aromatic N) is 2. The number of hydrogen-bond acceptors (Lipinski definition) is 4. The number of halogens is 1. The van der Waals surface area contributed by atoms with E-state index in [1.165, 1.54) is 20.2 Å². The number of sulfonamides is 1. The highest BCUT2D eigenvalue weighted by molar-refractivity contribution is 9.10. The van der Waals surface area contributed by atoms with Gasteiger partial charge in [-0.2, -0.15) is 0 Å². The Kier molecular flexibility index (Phi) is 3.90. The molecule has 0 spiro atoms. The number of hydrogen-bond donors (Lipinski definition) is 0. The lowest BCUT2D eigenvalue weighted by atomic mass is 10.2. The first kappa shape index (κ1) is 14.1. The summed E-state index contributed by atoms with van der Waals surface area (Å²) in [4.78, 5) is 10.1. The van der Waals surface area contributed by atoms with Crippen molar-refractivity contribution in [3.63, 3.8) is 0 Å². The molecule has 0 radical (unpaired) electrons. The van der Waals surface area contributed by atoms with Crippen LogP contribution in [-0.2, 0) is 10.0 Å². The summed E-state index contributed by atoms with van der Waals surface area (Å²) in [5.41, 5.74) is 0.188. The zero-order valence-electron chi connectivity index (χ0n) is 9.47. The standard InChI is InChI=1S/C9H11BrN2O4S/c1-6-4-7(10)9(5-8(6)12(13)14)17(15,16)11(2)3/h4-5H,1-3H3. The van der Waals surface area contributed by atoms with E-state index in [0.717, 1.165) is 10.4 Å². The number of nitro groups is 1. The molecule has 94 valence electrons. The smallest absolute Gasteiger partial charge is 0.258 e. The molecule has 0 heterocycles. The third-order valence-electron chi connectivity index (χ3n) is 2.21.